The van der Waals surface area contributed by atoms with Crippen LogP contribution in [0.4, 0.5) is 0 Å². The summed E-state index contributed by atoms with van der Waals surface area (Å²) in [5.41, 5.74) is 0. The molecule has 0 saturated carbocycles. The second-order valence-corrected chi connectivity index (χ2v) is 6.99. The van der Waals surface area contributed by atoms with Gasteiger partial charge in [0.2, 0.25) is 0 Å². The lowest BCUT2D eigenvalue weighted by atomic mass is 9.92. The average molecular weight is 314 g/mol. The van der Waals surface area contributed by atoms with Gasteiger partial charge in [0.15, 0.2) is 0 Å². The Hall–Kier alpha value is -0.240. The molecular formula is C16H26O6. The Morgan fingerprint density at radius 3 is 2.27 bits per heavy atom. The summed E-state index contributed by atoms with van der Waals surface area (Å²) in [4.78, 5) is 0. The van der Waals surface area contributed by atoms with Gasteiger partial charge in [-0.15, -0.1) is 0 Å². The average Bonchev–Trinajstić information content (AvgIpc) is 2.70. The molecule has 22 heavy (non-hydrogen) atoms. The van der Waals surface area contributed by atoms with Crippen LogP contribution >= 0.6 is 0 Å². The molecule has 0 bridgehead atoms. The summed E-state index contributed by atoms with van der Waals surface area (Å²) in [5, 5.41) is 19.4. The van der Waals surface area contributed by atoms with E-state index in [4.69, 9.17) is 18.9 Å². The topological polar surface area (TPSA) is 77.4 Å². The van der Waals surface area contributed by atoms with Crippen molar-refractivity contribution >= 4 is 0 Å². The van der Waals surface area contributed by atoms with Crippen molar-refractivity contribution in [2.24, 2.45) is 0 Å². The van der Waals surface area contributed by atoms with E-state index in [0.717, 1.165) is 38.7 Å². The number of fused-ring (bicyclic) bond motifs is 3. The first-order chi connectivity index (χ1) is 10.7. The molecule has 4 saturated heterocycles. The van der Waals surface area contributed by atoms with Gasteiger partial charge in [-0.05, 0) is 25.7 Å². The van der Waals surface area contributed by atoms with Crippen LogP contribution in [0.15, 0.2) is 0 Å². The van der Waals surface area contributed by atoms with Crippen molar-refractivity contribution in [1.82, 2.24) is 0 Å². The largest absolute Gasteiger partial charge is 0.394 e. The van der Waals surface area contributed by atoms with Crippen LogP contribution in [0.2, 0.25) is 0 Å². The summed E-state index contributed by atoms with van der Waals surface area (Å²) in [6.07, 6.45) is 4.44. The molecule has 8 atom stereocenters. The molecule has 0 aromatic heterocycles. The summed E-state index contributed by atoms with van der Waals surface area (Å²) in [7, 11) is 0. The number of ether oxygens (including phenoxy) is 4. The Kier molecular flexibility index (Phi) is 4.41. The highest BCUT2D eigenvalue weighted by Crippen LogP contribution is 2.38. The fourth-order valence-electron chi connectivity index (χ4n) is 4.34. The Morgan fingerprint density at radius 2 is 1.45 bits per heavy atom. The Bertz CT molecular complexity index is 391. The van der Waals surface area contributed by atoms with Gasteiger partial charge < -0.3 is 29.2 Å². The van der Waals surface area contributed by atoms with Gasteiger partial charge in [-0.3, -0.25) is 0 Å². The van der Waals surface area contributed by atoms with E-state index in [-0.39, 0.29) is 43.2 Å². The predicted molar refractivity (Wildman–Crippen MR) is 76.5 cm³/mol. The maximum Gasteiger partial charge on any atom is 0.107 e. The molecule has 0 radical (unpaired) electrons. The summed E-state index contributed by atoms with van der Waals surface area (Å²) >= 11 is 0. The van der Waals surface area contributed by atoms with Crippen molar-refractivity contribution in [3.63, 3.8) is 0 Å². The second kappa shape index (κ2) is 6.34. The molecule has 4 fully saturated rings. The van der Waals surface area contributed by atoms with Crippen molar-refractivity contribution in [2.75, 3.05) is 13.2 Å². The molecule has 6 heteroatoms. The number of aliphatic hydroxyl groups is 2. The third-order valence-electron chi connectivity index (χ3n) is 5.54. The van der Waals surface area contributed by atoms with E-state index in [0.29, 0.717) is 6.42 Å². The minimum absolute atomic E-state index is 0.0239. The van der Waals surface area contributed by atoms with Crippen molar-refractivity contribution in [3.8, 4) is 0 Å². The van der Waals surface area contributed by atoms with Gasteiger partial charge in [-0.25, -0.2) is 0 Å². The molecule has 126 valence electrons. The quantitative estimate of drug-likeness (QED) is 0.729. The fourth-order valence-corrected chi connectivity index (χ4v) is 4.34. The van der Waals surface area contributed by atoms with Gasteiger partial charge in [0.25, 0.3) is 0 Å². The van der Waals surface area contributed by atoms with Crippen LogP contribution < -0.4 is 0 Å². The van der Waals surface area contributed by atoms with Crippen molar-refractivity contribution < 1.29 is 29.2 Å². The van der Waals surface area contributed by atoms with Crippen LogP contribution in [0.1, 0.15) is 38.5 Å². The molecule has 0 amide bonds. The Balaban J connectivity index is 1.45. The first-order valence-electron chi connectivity index (χ1n) is 8.61. The highest BCUT2D eigenvalue weighted by atomic mass is 16.6. The molecule has 0 spiro atoms. The predicted octanol–water partition coefficient (Wildman–Crippen LogP) is 0.381. The monoisotopic (exact) mass is 314 g/mol. The van der Waals surface area contributed by atoms with E-state index in [1.54, 1.807) is 0 Å². The second-order valence-electron chi connectivity index (χ2n) is 6.99. The smallest absolute Gasteiger partial charge is 0.107 e. The van der Waals surface area contributed by atoms with E-state index < -0.39 is 12.2 Å². The van der Waals surface area contributed by atoms with Crippen LogP contribution in [-0.4, -0.2) is 72.3 Å². The summed E-state index contributed by atoms with van der Waals surface area (Å²) in [6, 6.07) is 0. The summed E-state index contributed by atoms with van der Waals surface area (Å²) < 4.78 is 24.2. The molecule has 0 aliphatic carbocycles. The van der Waals surface area contributed by atoms with Crippen LogP contribution in [0, 0.1) is 0 Å². The fraction of sp³-hybridized carbons (Fsp3) is 1.00. The van der Waals surface area contributed by atoms with E-state index in [2.05, 4.69) is 0 Å². The van der Waals surface area contributed by atoms with Gasteiger partial charge in [-0.2, -0.15) is 0 Å². The zero-order chi connectivity index (χ0) is 15.1. The minimum Gasteiger partial charge on any atom is -0.394 e. The normalized spacial score (nSPS) is 52.1. The highest BCUT2D eigenvalue weighted by molar-refractivity contribution is 4.95. The Labute approximate surface area is 130 Å². The molecule has 2 N–H and O–H groups in total. The van der Waals surface area contributed by atoms with Crippen LogP contribution in [0.25, 0.3) is 0 Å². The molecule has 4 aliphatic heterocycles. The first-order valence-corrected chi connectivity index (χ1v) is 8.61. The molecule has 0 aromatic carbocycles. The Morgan fingerprint density at radius 1 is 0.773 bits per heavy atom. The molecule has 0 unspecified atom stereocenters. The zero-order valence-electron chi connectivity index (χ0n) is 12.8. The van der Waals surface area contributed by atoms with Crippen molar-refractivity contribution in [3.05, 3.63) is 0 Å². The van der Waals surface area contributed by atoms with E-state index in [1.807, 2.05) is 0 Å². The molecule has 4 aliphatic rings. The lowest BCUT2D eigenvalue weighted by Gasteiger charge is -2.44. The van der Waals surface area contributed by atoms with E-state index in [1.165, 1.54) is 0 Å². The SMILES string of the molecule is OC[C@H]1O[C@H]2CC[C@H]3O[C@H]4CCCO[C@@H]4C[C@@H]3O[C@@H]2C[C@@H]1O. The van der Waals surface area contributed by atoms with Gasteiger partial charge >= 0.3 is 0 Å². The lowest BCUT2D eigenvalue weighted by molar-refractivity contribution is -0.238. The minimum atomic E-state index is -0.661. The number of rotatable bonds is 1. The van der Waals surface area contributed by atoms with Crippen LogP contribution in [-0.2, 0) is 18.9 Å². The highest BCUT2D eigenvalue weighted by Gasteiger charge is 2.47. The number of hydrogen-bond donors (Lipinski definition) is 2. The standard InChI is InChI=1S/C16H26O6/c17-8-16-9(18)6-14-11(21-16)3-4-12-15(22-14)7-13-10(20-12)2-1-5-19-13/h9-18H,1-8H2/t9-,10-,11-,12+,13+,14+,15-,16+/m0/s1. The maximum atomic E-state index is 10.1. The number of hydrogen-bond acceptors (Lipinski definition) is 6. The number of aliphatic hydroxyl groups excluding tert-OH is 2. The maximum absolute atomic E-state index is 10.1. The summed E-state index contributed by atoms with van der Waals surface area (Å²) in [6.45, 7) is 0.666. The third-order valence-corrected chi connectivity index (χ3v) is 5.54. The van der Waals surface area contributed by atoms with Gasteiger partial charge in [0.05, 0.1) is 49.3 Å². The van der Waals surface area contributed by atoms with E-state index in [9.17, 15) is 10.2 Å². The molecule has 0 aromatic rings. The van der Waals surface area contributed by atoms with Gasteiger partial charge in [0.1, 0.15) is 6.10 Å². The van der Waals surface area contributed by atoms with Gasteiger partial charge in [-0.1, -0.05) is 0 Å². The van der Waals surface area contributed by atoms with Crippen molar-refractivity contribution in [1.29, 1.82) is 0 Å². The van der Waals surface area contributed by atoms with Crippen LogP contribution in [0.5, 0.6) is 0 Å². The molecular weight excluding hydrogens is 288 g/mol. The molecule has 4 rings (SSSR count). The lowest BCUT2D eigenvalue weighted by Crippen LogP contribution is -2.53. The molecule has 6 nitrogen and oxygen atoms in total. The van der Waals surface area contributed by atoms with Crippen LogP contribution in [0.3, 0.4) is 0 Å². The third kappa shape index (κ3) is 2.81. The van der Waals surface area contributed by atoms with Gasteiger partial charge in [0, 0.05) is 19.4 Å². The van der Waals surface area contributed by atoms with Crippen molar-refractivity contribution in [2.45, 2.75) is 87.4 Å². The van der Waals surface area contributed by atoms with E-state index >= 15 is 0 Å². The molecule has 4 heterocycles. The first kappa shape index (κ1) is 15.3. The summed E-state index contributed by atoms with van der Waals surface area (Å²) in [5.74, 6) is 0. The zero-order valence-corrected chi connectivity index (χ0v) is 12.8.